The summed E-state index contributed by atoms with van der Waals surface area (Å²) >= 11 is 7.19. The Kier molecular flexibility index (Phi) is 7.25. The summed E-state index contributed by atoms with van der Waals surface area (Å²) in [7, 11) is 2.88. The summed E-state index contributed by atoms with van der Waals surface area (Å²) in [6, 6.07) is 0. The number of ether oxygens (including phenoxy) is 2. The smallest absolute Gasteiger partial charge is 0.357 e. The average molecular weight is 349 g/mol. The molecule has 0 aromatic carbocycles. The number of alkyl halides is 1. The number of halogens is 1. The van der Waals surface area contributed by atoms with Gasteiger partial charge < -0.3 is 14.4 Å². The van der Waals surface area contributed by atoms with E-state index in [0.29, 0.717) is 24.7 Å². The molecule has 1 amide bonds. The van der Waals surface area contributed by atoms with E-state index in [1.54, 1.807) is 31.2 Å². The number of hydrogen-bond donors (Lipinski definition) is 0. The Morgan fingerprint density at radius 1 is 1.41 bits per heavy atom. The first-order chi connectivity index (χ1) is 10.4. The van der Waals surface area contributed by atoms with Crippen molar-refractivity contribution in [2.75, 3.05) is 33.3 Å². The van der Waals surface area contributed by atoms with E-state index in [4.69, 9.17) is 16.3 Å². The summed E-state index contributed by atoms with van der Waals surface area (Å²) < 4.78 is 9.68. The molecule has 0 radical (unpaired) electrons. The van der Waals surface area contributed by atoms with Crippen LogP contribution in [0.5, 0.6) is 0 Å². The first-order valence-electron chi connectivity index (χ1n) is 6.72. The van der Waals surface area contributed by atoms with Crippen molar-refractivity contribution in [2.24, 2.45) is 5.41 Å². The van der Waals surface area contributed by atoms with Crippen LogP contribution in [0.1, 0.15) is 29.3 Å². The fourth-order valence-electron chi connectivity index (χ4n) is 1.68. The highest BCUT2D eigenvalue weighted by Crippen LogP contribution is 2.23. The Bertz CT molecular complexity index is 519. The molecule has 8 heteroatoms. The number of amides is 1. The van der Waals surface area contributed by atoms with Crippen LogP contribution in [0.4, 0.5) is 0 Å². The molecule has 0 fully saturated rings. The molecule has 1 heterocycles. The summed E-state index contributed by atoms with van der Waals surface area (Å²) in [6.07, 6.45) is 0. The number of aromatic nitrogens is 1. The third kappa shape index (κ3) is 4.93. The van der Waals surface area contributed by atoms with Crippen molar-refractivity contribution < 1.29 is 19.1 Å². The molecular formula is C14H21ClN2O4S. The van der Waals surface area contributed by atoms with E-state index in [2.05, 4.69) is 9.72 Å². The van der Waals surface area contributed by atoms with E-state index < -0.39 is 11.4 Å². The minimum absolute atomic E-state index is 0.0747. The van der Waals surface area contributed by atoms with Crippen LogP contribution in [0.15, 0.2) is 5.38 Å². The van der Waals surface area contributed by atoms with Gasteiger partial charge in [0, 0.05) is 24.9 Å². The van der Waals surface area contributed by atoms with Crippen LogP contribution >= 0.6 is 22.9 Å². The van der Waals surface area contributed by atoms with Crippen LogP contribution in [-0.2, 0) is 20.8 Å². The second kappa shape index (κ2) is 8.45. The fourth-order valence-corrected chi connectivity index (χ4v) is 2.58. The zero-order chi connectivity index (χ0) is 16.8. The molecule has 22 heavy (non-hydrogen) atoms. The van der Waals surface area contributed by atoms with Crippen LogP contribution in [0, 0.1) is 5.41 Å². The first kappa shape index (κ1) is 18.9. The highest BCUT2D eigenvalue weighted by molar-refractivity contribution is 7.09. The van der Waals surface area contributed by atoms with E-state index in [9.17, 15) is 9.59 Å². The second-order valence-electron chi connectivity index (χ2n) is 5.36. The number of esters is 1. The quantitative estimate of drug-likeness (QED) is 0.532. The maximum atomic E-state index is 12.6. The average Bonchev–Trinajstić information content (AvgIpc) is 2.98. The van der Waals surface area contributed by atoms with Gasteiger partial charge in [0.2, 0.25) is 5.91 Å². The lowest BCUT2D eigenvalue weighted by molar-refractivity contribution is -0.140. The maximum absolute atomic E-state index is 12.6. The van der Waals surface area contributed by atoms with Crippen LogP contribution in [-0.4, -0.2) is 55.0 Å². The van der Waals surface area contributed by atoms with Gasteiger partial charge in [-0.1, -0.05) is 0 Å². The van der Waals surface area contributed by atoms with Crippen molar-refractivity contribution in [1.29, 1.82) is 0 Å². The zero-order valence-corrected chi connectivity index (χ0v) is 14.8. The minimum atomic E-state index is -0.669. The largest absolute Gasteiger partial charge is 0.464 e. The molecule has 124 valence electrons. The molecule has 0 atom stereocenters. The molecule has 0 aliphatic rings. The lowest BCUT2D eigenvalue weighted by Crippen LogP contribution is -2.43. The van der Waals surface area contributed by atoms with Crippen LogP contribution < -0.4 is 0 Å². The topological polar surface area (TPSA) is 68.7 Å². The van der Waals surface area contributed by atoms with Gasteiger partial charge in [0.15, 0.2) is 5.69 Å². The number of nitrogens with zero attached hydrogens (tertiary/aromatic N) is 2. The van der Waals surface area contributed by atoms with Crippen LogP contribution in [0.25, 0.3) is 0 Å². The van der Waals surface area contributed by atoms with Gasteiger partial charge in [-0.05, 0) is 13.8 Å². The summed E-state index contributed by atoms with van der Waals surface area (Å²) in [5.41, 5.74) is -0.421. The maximum Gasteiger partial charge on any atom is 0.357 e. The van der Waals surface area contributed by atoms with E-state index in [1.165, 1.54) is 18.4 Å². The summed E-state index contributed by atoms with van der Waals surface area (Å²) in [5, 5.41) is 2.28. The van der Waals surface area contributed by atoms with Crippen molar-refractivity contribution in [3.8, 4) is 0 Å². The second-order valence-corrected chi connectivity index (χ2v) is 6.57. The molecule has 0 unspecified atom stereocenters. The summed E-state index contributed by atoms with van der Waals surface area (Å²) in [4.78, 5) is 29.8. The van der Waals surface area contributed by atoms with Gasteiger partial charge in [-0.3, -0.25) is 4.79 Å². The lowest BCUT2D eigenvalue weighted by atomic mass is 9.94. The molecule has 0 aliphatic carbocycles. The minimum Gasteiger partial charge on any atom is -0.464 e. The van der Waals surface area contributed by atoms with E-state index in [1.807, 2.05) is 0 Å². The third-order valence-electron chi connectivity index (χ3n) is 3.04. The molecule has 0 aliphatic heterocycles. The highest BCUT2D eigenvalue weighted by atomic mass is 35.5. The Morgan fingerprint density at radius 3 is 2.64 bits per heavy atom. The van der Waals surface area contributed by atoms with Crippen LogP contribution in [0.2, 0.25) is 0 Å². The predicted molar refractivity (Wildman–Crippen MR) is 85.2 cm³/mol. The van der Waals surface area contributed by atoms with Crippen molar-refractivity contribution in [1.82, 2.24) is 9.88 Å². The van der Waals surface area contributed by atoms with Crippen molar-refractivity contribution >= 4 is 34.8 Å². The predicted octanol–water partition coefficient (Wildman–Crippen LogP) is 2.17. The van der Waals surface area contributed by atoms with E-state index in [-0.39, 0.29) is 17.5 Å². The number of rotatable bonds is 8. The molecular weight excluding hydrogens is 328 g/mol. The lowest BCUT2D eigenvalue weighted by Gasteiger charge is -2.30. The SMILES string of the molecule is COCCN(Cc1nc(C(=O)OC)cs1)C(=O)C(C)(C)CCl. The first-order valence-corrected chi connectivity index (χ1v) is 8.14. The van der Waals surface area contributed by atoms with E-state index in [0.717, 1.165) is 0 Å². The van der Waals surface area contributed by atoms with Gasteiger partial charge in [-0.15, -0.1) is 22.9 Å². The number of methoxy groups -OCH3 is 2. The monoisotopic (exact) mass is 348 g/mol. The molecule has 0 saturated heterocycles. The molecule has 0 bridgehead atoms. The molecule has 6 nitrogen and oxygen atoms in total. The Balaban J connectivity index is 2.87. The standard InChI is InChI=1S/C14H21ClN2O4S/c1-14(2,9-15)13(19)17(5-6-20-3)7-11-16-10(8-22-11)12(18)21-4/h8H,5-7,9H2,1-4H3. The Labute approximate surface area is 139 Å². The highest BCUT2D eigenvalue weighted by Gasteiger charge is 2.31. The number of thiazole rings is 1. The van der Waals surface area contributed by atoms with Crippen molar-refractivity contribution in [3.63, 3.8) is 0 Å². The third-order valence-corrected chi connectivity index (χ3v) is 4.54. The number of carbonyl (C=O) groups excluding carboxylic acids is 2. The van der Waals surface area contributed by atoms with Gasteiger partial charge in [0.05, 0.1) is 25.7 Å². The fraction of sp³-hybridized carbons (Fsp3) is 0.643. The summed E-state index contributed by atoms with van der Waals surface area (Å²) in [5.74, 6) is -0.339. The molecule has 1 aromatic rings. The molecule has 0 saturated carbocycles. The number of hydrogen-bond acceptors (Lipinski definition) is 6. The Morgan fingerprint density at radius 2 is 2.09 bits per heavy atom. The van der Waals surface area contributed by atoms with Gasteiger partial charge in [-0.25, -0.2) is 9.78 Å². The van der Waals surface area contributed by atoms with E-state index >= 15 is 0 Å². The molecule has 1 aromatic heterocycles. The Hall–Kier alpha value is -1.18. The van der Waals surface area contributed by atoms with Gasteiger partial charge in [0.25, 0.3) is 0 Å². The van der Waals surface area contributed by atoms with Gasteiger partial charge in [-0.2, -0.15) is 0 Å². The molecule has 0 spiro atoms. The summed E-state index contributed by atoms with van der Waals surface area (Å²) in [6.45, 7) is 4.75. The normalized spacial score (nSPS) is 11.3. The number of carbonyl (C=O) groups is 2. The van der Waals surface area contributed by atoms with Crippen molar-refractivity contribution in [3.05, 3.63) is 16.1 Å². The van der Waals surface area contributed by atoms with Crippen molar-refractivity contribution in [2.45, 2.75) is 20.4 Å². The zero-order valence-electron chi connectivity index (χ0n) is 13.2. The molecule has 0 N–H and O–H groups in total. The van der Waals surface area contributed by atoms with Crippen LogP contribution in [0.3, 0.4) is 0 Å². The molecule has 1 rings (SSSR count). The van der Waals surface area contributed by atoms with Gasteiger partial charge >= 0.3 is 5.97 Å². The van der Waals surface area contributed by atoms with Gasteiger partial charge in [0.1, 0.15) is 5.01 Å².